The Kier molecular flexibility index (Phi) is 5.66. The van der Waals surface area contributed by atoms with E-state index in [-0.39, 0.29) is 24.5 Å². The van der Waals surface area contributed by atoms with E-state index < -0.39 is 0 Å². The van der Waals surface area contributed by atoms with E-state index in [1.807, 2.05) is 0 Å². The lowest BCUT2D eigenvalue weighted by molar-refractivity contribution is -0.117. The molecule has 0 unspecified atom stereocenters. The minimum absolute atomic E-state index is 0.109. The topological polar surface area (TPSA) is 75.3 Å². The molecule has 0 aliphatic carbocycles. The van der Waals surface area contributed by atoms with Gasteiger partial charge in [0.05, 0.1) is 6.54 Å². The fraction of sp³-hybridized carbons (Fsp3) is 0.889. The van der Waals surface area contributed by atoms with Gasteiger partial charge in [-0.2, -0.15) is 0 Å². The molecule has 0 rings (SSSR count). The summed E-state index contributed by atoms with van der Waals surface area (Å²) in [5.41, 5.74) is 5.09. The molecule has 0 saturated carbocycles. The number of primary amides is 1. The van der Waals surface area contributed by atoms with Gasteiger partial charge in [0.1, 0.15) is 0 Å². The van der Waals surface area contributed by atoms with Crippen molar-refractivity contribution in [2.75, 3.05) is 19.7 Å². The Hall–Kier alpha value is -0.610. The highest BCUT2D eigenvalue weighted by molar-refractivity contribution is 5.75. The maximum absolute atomic E-state index is 10.4. The van der Waals surface area contributed by atoms with E-state index in [2.05, 4.69) is 19.2 Å². The van der Waals surface area contributed by atoms with Crippen molar-refractivity contribution in [3.05, 3.63) is 0 Å². The molecule has 0 saturated heterocycles. The molecule has 0 atom stereocenters. The van der Waals surface area contributed by atoms with Gasteiger partial charge in [0.15, 0.2) is 0 Å². The Balaban J connectivity index is 3.56. The van der Waals surface area contributed by atoms with Crippen molar-refractivity contribution in [3.8, 4) is 0 Å². The van der Waals surface area contributed by atoms with Crippen LogP contribution in [0.1, 0.15) is 26.7 Å². The molecule has 0 radical (unpaired) electrons. The van der Waals surface area contributed by atoms with Gasteiger partial charge in [0, 0.05) is 13.2 Å². The van der Waals surface area contributed by atoms with Crippen LogP contribution in [0.5, 0.6) is 0 Å². The molecule has 78 valence electrons. The first-order chi connectivity index (χ1) is 5.98. The van der Waals surface area contributed by atoms with Crippen LogP contribution in [0.15, 0.2) is 0 Å². The summed E-state index contributed by atoms with van der Waals surface area (Å²) in [5.74, 6) is -0.335. The number of hydrogen-bond acceptors (Lipinski definition) is 3. The lowest BCUT2D eigenvalue weighted by atomic mass is 9.88. The molecule has 0 aromatic carbocycles. The van der Waals surface area contributed by atoms with Gasteiger partial charge in [-0.3, -0.25) is 4.79 Å². The van der Waals surface area contributed by atoms with Crippen molar-refractivity contribution in [1.29, 1.82) is 0 Å². The fourth-order valence-electron chi connectivity index (χ4n) is 1.17. The zero-order valence-electron chi connectivity index (χ0n) is 8.47. The third-order valence-corrected chi connectivity index (χ3v) is 1.91. The van der Waals surface area contributed by atoms with Gasteiger partial charge in [0.25, 0.3) is 0 Å². The maximum atomic E-state index is 10.4. The molecule has 4 N–H and O–H groups in total. The average molecular weight is 188 g/mol. The molecule has 13 heavy (non-hydrogen) atoms. The highest BCUT2D eigenvalue weighted by Gasteiger charge is 2.16. The zero-order chi connectivity index (χ0) is 10.3. The summed E-state index contributed by atoms with van der Waals surface area (Å²) in [6.45, 7) is 5.38. The summed E-state index contributed by atoms with van der Waals surface area (Å²) >= 11 is 0. The van der Waals surface area contributed by atoms with Crippen LogP contribution in [-0.4, -0.2) is 30.7 Å². The number of carbonyl (C=O) groups is 1. The molecule has 0 fully saturated rings. The van der Waals surface area contributed by atoms with Crippen molar-refractivity contribution in [3.63, 3.8) is 0 Å². The molecular formula is C9H20N2O2. The van der Waals surface area contributed by atoms with Gasteiger partial charge in [-0.1, -0.05) is 13.8 Å². The quantitative estimate of drug-likeness (QED) is 0.520. The number of aliphatic hydroxyl groups excluding tert-OH is 1. The molecule has 4 nitrogen and oxygen atoms in total. The normalized spacial score (nSPS) is 11.6. The van der Waals surface area contributed by atoms with Crippen LogP contribution in [0.25, 0.3) is 0 Å². The second-order valence-corrected chi connectivity index (χ2v) is 4.06. The SMILES string of the molecule is CC(C)(CCCO)CNCC(N)=O. The molecule has 0 aliphatic heterocycles. The standard InChI is InChI=1S/C9H20N2O2/c1-9(2,4-3-5-12)7-11-6-8(10)13/h11-12H,3-7H2,1-2H3,(H2,10,13). The summed E-state index contributed by atoms with van der Waals surface area (Å²) in [7, 11) is 0. The van der Waals surface area contributed by atoms with Crippen molar-refractivity contribution >= 4 is 5.91 Å². The lowest BCUT2D eigenvalue weighted by Crippen LogP contribution is -2.35. The molecule has 0 heterocycles. The average Bonchev–Trinajstić information content (AvgIpc) is 2.00. The van der Waals surface area contributed by atoms with Crippen LogP contribution in [0, 0.1) is 5.41 Å². The summed E-state index contributed by atoms with van der Waals surface area (Å²) in [5, 5.41) is 11.6. The van der Waals surface area contributed by atoms with Gasteiger partial charge in [0.2, 0.25) is 5.91 Å². The van der Waals surface area contributed by atoms with Crippen molar-refractivity contribution in [2.45, 2.75) is 26.7 Å². The summed E-state index contributed by atoms with van der Waals surface area (Å²) in [6, 6.07) is 0. The predicted molar refractivity (Wildman–Crippen MR) is 52.2 cm³/mol. The molecule has 0 bridgehead atoms. The second-order valence-electron chi connectivity index (χ2n) is 4.06. The first kappa shape index (κ1) is 12.4. The minimum Gasteiger partial charge on any atom is -0.396 e. The highest BCUT2D eigenvalue weighted by atomic mass is 16.2. The van der Waals surface area contributed by atoms with Gasteiger partial charge in [-0.25, -0.2) is 0 Å². The van der Waals surface area contributed by atoms with Gasteiger partial charge >= 0.3 is 0 Å². The van der Waals surface area contributed by atoms with E-state index in [1.165, 1.54) is 0 Å². The van der Waals surface area contributed by atoms with Crippen LogP contribution in [0.2, 0.25) is 0 Å². The third-order valence-electron chi connectivity index (χ3n) is 1.91. The van der Waals surface area contributed by atoms with Crippen LogP contribution in [0.3, 0.4) is 0 Å². The summed E-state index contributed by atoms with van der Waals surface area (Å²) < 4.78 is 0. The van der Waals surface area contributed by atoms with E-state index in [0.717, 1.165) is 19.4 Å². The Labute approximate surface area is 79.5 Å². The number of rotatable bonds is 7. The van der Waals surface area contributed by atoms with E-state index in [1.54, 1.807) is 0 Å². The Morgan fingerprint density at radius 2 is 2.15 bits per heavy atom. The van der Waals surface area contributed by atoms with Crippen LogP contribution in [-0.2, 0) is 4.79 Å². The Bertz CT molecular complexity index is 158. The molecule has 0 aromatic heterocycles. The largest absolute Gasteiger partial charge is 0.396 e. The van der Waals surface area contributed by atoms with Gasteiger partial charge in [-0.05, 0) is 18.3 Å². The molecule has 1 amide bonds. The third kappa shape index (κ3) is 7.74. The minimum atomic E-state index is -0.335. The van der Waals surface area contributed by atoms with Crippen molar-refractivity contribution in [2.24, 2.45) is 11.1 Å². The van der Waals surface area contributed by atoms with Crippen LogP contribution >= 0.6 is 0 Å². The first-order valence-electron chi connectivity index (χ1n) is 4.58. The van der Waals surface area contributed by atoms with Crippen molar-refractivity contribution < 1.29 is 9.90 Å². The molecule has 0 spiro atoms. The molecular weight excluding hydrogens is 168 g/mol. The number of amides is 1. The highest BCUT2D eigenvalue weighted by Crippen LogP contribution is 2.20. The fourth-order valence-corrected chi connectivity index (χ4v) is 1.17. The monoisotopic (exact) mass is 188 g/mol. The number of carbonyl (C=O) groups excluding carboxylic acids is 1. The Morgan fingerprint density at radius 1 is 1.54 bits per heavy atom. The molecule has 0 aromatic rings. The first-order valence-corrected chi connectivity index (χ1v) is 4.58. The van der Waals surface area contributed by atoms with E-state index in [9.17, 15) is 4.79 Å². The summed E-state index contributed by atoms with van der Waals surface area (Å²) in [6.07, 6.45) is 1.74. The molecule has 0 aliphatic rings. The summed E-state index contributed by atoms with van der Waals surface area (Å²) in [4.78, 5) is 10.4. The predicted octanol–water partition coefficient (Wildman–Crippen LogP) is -0.140. The lowest BCUT2D eigenvalue weighted by Gasteiger charge is -2.24. The van der Waals surface area contributed by atoms with Crippen LogP contribution in [0.4, 0.5) is 0 Å². The Morgan fingerprint density at radius 3 is 2.62 bits per heavy atom. The maximum Gasteiger partial charge on any atom is 0.231 e. The second kappa shape index (κ2) is 5.94. The van der Waals surface area contributed by atoms with Gasteiger partial charge < -0.3 is 16.2 Å². The molecule has 4 heteroatoms. The number of hydrogen-bond donors (Lipinski definition) is 3. The van der Waals surface area contributed by atoms with E-state index in [4.69, 9.17) is 10.8 Å². The van der Waals surface area contributed by atoms with E-state index >= 15 is 0 Å². The number of nitrogens with one attached hydrogen (secondary N) is 1. The number of nitrogens with two attached hydrogens (primary N) is 1. The van der Waals surface area contributed by atoms with Gasteiger partial charge in [-0.15, -0.1) is 0 Å². The van der Waals surface area contributed by atoms with Crippen LogP contribution < -0.4 is 11.1 Å². The number of aliphatic hydroxyl groups is 1. The zero-order valence-corrected chi connectivity index (χ0v) is 8.47. The smallest absolute Gasteiger partial charge is 0.231 e. The van der Waals surface area contributed by atoms with E-state index in [0.29, 0.717) is 0 Å². The van der Waals surface area contributed by atoms with Crippen molar-refractivity contribution in [1.82, 2.24) is 5.32 Å².